The van der Waals surface area contributed by atoms with Gasteiger partial charge in [0.05, 0.1) is 11.5 Å². The fraction of sp³-hybridized carbons (Fsp3) is 0.538. The Labute approximate surface area is 116 Å². The number of rotatable bonds is 4. The van der Waals surface area contributed by atoms with E-state index in [9.17, 15) is 9.90 Å². The van der Waals surface area contributed by atoms with Gasteiger partial charge in [0.15, 0.2) is 0 Å². The number of aliphatic hydroxyl groups is 1. The smallest absolute Gasteiger partial charge is 0.306 e. The zero-order chi connectivity index (χ0) is 13.9. The summed E-state index contributed by atoms with van der Waals surface area (Å²) in [6, 6.07) is 3.60. The van der Waals surface area contributed by atoms with Crippen LogP contribution in [-0.2, 0) is 4.79 Å². The highest BCUT2D eigenvalue weighted by atomic mass is 32.2. The third kappa shape index (κ3) is 3.84. The minimum Gasteiger partial charge on any atom is -0.481 e. The van der Waals surface area contributed by atoms with Crippen LogP contribution in [0.25, 0.3) is 0 Å². The standard InChI is InChI=1S/C13H18N2O3S/c14-11-2-1-10(7-15-11)19-8-13(18)5-3-9(4-6-13)12(16)17/h1-2,7,9,18H,3-6,8H2,(H2,14,15)(H,16,17). The average molecular weight is 282 g/mol. The number of pyridine rings is 1. The molecule has 19 heavy (non-hydrogen) atoms. The Hall–Kier alpha value is -1.27. The number of nitrogen functional groups attached to an aromatic ring is 1. The number of hydrogen-bond acceptors (Lipinski definition) is 5. The number of carboxylic acid groups (broad SMARTS) is 1. The number of anilines is 1. The topological polar surface area (TPSA) is 96.4 Å². The third-order valence-corrected chi connectivity index (χ3v) is 4.79. The van der Waals surface area contributed by atoms with E-state index in [-0.39, 0.29) is 5.92 Å². The van der Waals surface area contributed by atoms with E-state index in [1.54, 1.807) is 12.3 Å². The molecule has 104 valence electrons. The second-order valence-electron chi connectivity index (χ2n) is 5.04. The van der Waals surface area contributed by atoms with Crippen LogP contribution >= 0.6 is 11.8 Å². The first kappa shape index (κ1) is 14.1. The normalized spacial score (nSPS) is 27.1. The van der Waals surface area contributed by atoms with Crippen LogP contribution in [0.5, 0.6) is 0 Å². The summed E-state index contributed by atoms with van der Waals surface area (Å²) in [5.41, 5.74) is 4.74. The molecule has 6 heteroatoms. The van der Waals surface area contributed by atoms with Gasteiger partial charge in [0.2, 0.25) is 0 Å². The molecule has 0 aromatic carbocycles. The molecule has 1 aromatic rings. The molecule has 0 radical (unpaired) electrons. The molecule has 0 aliphatic heterocycles. The van der Waals surface area contributed by atoms with Crippen LogP contribution in [0.3, 0.4) is 0 Å². The average Bonchev–Trinajstić information content (AvgIpc) is 2.39. The zero-order valence-electron chi connectivity index (χ0n) is 10.6. The maximum absolute atomic E-state index is 10.9. The van der Waals surface area contributed by atoms with Crippen molar-refractivity contribution in [2.24, 2.45) is 5.92 Å². The molecular formula is C13H18N2O3S. The van der Waals surface area contributed by atoms with E-state index in [4.69, 9.17) is 10.8 Å². The van der Waals surface area contributed by atoms with Crippen LogP contribution in [0.2, 0.25) is 0 Å². The molecule has 0 amide bonds. The SMILES string of the molecule is Nc1ccc(SCC2(O)CCC(C(=O)O)CC2)cn1. The van der Waals surface area contributed by atoms with Crippen molar-refractivity contribution in [3.63, 3.8) is 0 Å². The lowest BCUT2D eigenvalue weighted by molar-refractivity contribution is -0.144. The summed E-state index contributed by atoms with van der Waals surface area (Å²) >= 11 is 1.53. The molecule has 0 unspecified atom stereocenters. The number of aliphatic carboxylic acids is 1. The lowest BCUT2D eigenvalue weighted by atomic mass is 9.80. The van der Waals surface area contributed by atoms with Crippen molar-refractivity contribution >= 4 is 23.5 Å². The Morgan fingerprint density at radius 3 is 2.68 bits per heavy atom. The number of aromatic nitrogens is 1. The quantitative estimate of drug-likeness (QED) is 0.728. The van der Waals surface area contributed by atoms with Crippen LogP contribution in [0, 0.1) is 5.92 Å². The number of nitrogens with zero attached hydrogens (tertiary/aromatic N) is 1. The number of carbonyl (C=O) groups is 1. The van der Waals surface area contributed by atoms with Crippen molar-refractivity contribution in [1.82, 2.24) is 4.98 Å². The van der Waals surface area contributed by atoms with Crippen LogP contribution in [0.4, 0.5) is 5.82 Å². The second kappa shape index (κ2) is 5.79. The Bertz CT molecular complexity index is 442. The fourth-order valence-electron chi connectivity index (χ4n) is 2.24. The van der Waals surface area contributed by atoms with Crippen LogP contribution in [0.1, 0.15) is 25.7 Å². The highest BCUT2D eigenvalue weighted by molar-refractivity contribution is 7.99. The summed E-state index contributed by atoms with van der Waals surface area (Å²) in [4.78, 5) is 15.8. The Kier molecular flexibility index (Phi) is 4.31. The molecule has 0 atom stereocenters. The molecule has 5 nitrogen and oxygen atoms in total. The second-order valence-corrected chi connectivity index (χ2v) is 6.09. The van der Waals surface area contributed by atoms with E-state index in [2.05, 4.69) is 4.98 Å². The molecule has 0 spiro atoms. The molecule has 2 rings (SSSR count). The minimum absolute atomic E-state index is 0.302. The lowest BCUT2D eigenvalue weighted by Crippen LogP contribution is -2.38. The van der Waals surface area contributed by atoms with Gasteiger partial charge in [-0.25, -0.2) is 4.98 Å². The maximum Gasteiger partial charge on any atom is 0.306 e. The van der Waals surface area contributed by atoms with Crippen LogP contribution in [-0.4, -0.2) is 32.5 Å². The van der Waals surface area contributed by atoms with Gasteiger partial charge in [0.25, 0.3) is 0 Å². The van der Waals surface area contributed by atoms with Gasteiger partial charge >= 0.3 is 5.97 Å². The van der Waals surface area contributed by atoms with Gasteiger partial charge in [-0.1, -0.05) is 0 Å². The van der Waals surface area contributed by atoms with Gasteiger partial charge in [0.1, 0.15) is 5.82 Å². The molecule has 0 bridgehead atoms. The van der Waals surface area contributed by atoms with Gasteiger partial charge in [-0.05, 0) is 37.8 Å². The Morgan fingerprint density at radius 2 is 2.16 bits per heavy atom. The van der Waals surface area contributed by atoms with E-state index < -0.39 is 11.6 Å². The summed E-state index contributed by atoms with van der Waals surface area (Å²) in [5, 5.41) is 19.4. The molecule has 1 saturated carbocycles. The van der Waals surface area contributed by atoms with Crippen molar-refractivity contribution < 1.29 is 15.0 Å². The van der Waals surface area contributed by atoms with E-state index in [1.807, 2.05) is 6.07 Å². The summed E-state index contributed by atoms with van der Waals surface area (Å²) in [6.07, 6.45) is 3.86. The molecule has 1 aliphatic carbocycles. The van der Waals surface area contributed by atoms with Crippen molar-refractivity contribution in [2.45, 2.75) is 36.2 Å². The first-order chi connectivity index (χ1) is 8.98. The minimum atomic E-state index is -0.766. The van der Waals surface area contributed by atoms with E-state index >= 15 is 0 Å². The monoisotopic (exact) mass is 282 g/mol. The van der Waals surface area contributed by atoms with Crippen LogP contribution < -0.4 is 5.73 Å². The third-order valence-electron chi connectivity index (χ3n) is 3.53. The van der Waals surface area contributed by atoms with Gasteiger partial charge in [-0.15, -0.1) is 11.8 Å². The molecule has 1 aromatic heterocycles. The first-order valence-electron chi connectivity index (χ1n) is 6.28. The van der Waals surface area contributed by atoms with Gasteiger partial charge < -0.3 is 15.9 Å². The molecule has 1 aliphatic rings. The summed E-state index contributed by atoms with van der Waals surface area (Å²) in [5.74, 6) is -0.0174. The van der Waals surface area contributed by atoms with E-state index in [0.29, 0.717) is 37.3 Å². The number of hydrogen-bond donors (Lipinski definition) is 3. The fourth-order valence-corrected chi connectivity index (χ4v) is 3.26. The summed E-state index contributed by atoms with van der Waals surface area (Å²) in [6.45, 7) is 0. The highest BCUT2D eigenvalue weighted by Gasteiger charge is 2.35. The predicted octanol–water partition coefficient (Wildman–Crippen LogP) is 1.76. The van der Waals surface area contributed by atoms with Crippen LogP contribution in [0.15, 0.2) is 23.2 Å². The van der Waals surface area contributed by atoms with Crippen molar-refractivity contribution in [3.8, 4) is 0 Å². The predicted molar refractivity (Wildman–Crippen MR) is 73.9 cm³/mol. The van der Waals surface area contributed by atoms with Gasteiger partial charge in [-0.2, -0.15) is 0 Å². The molecule has 1 heterocycles. The maximum atomic E-state index is 10.9. The Balaban J connectivity index is 1.86. The largest absolute Gasteiger partial charge is 0.481 e. The summed E-state index contributed by atoms with van der Waals surface area (Å²) < 4.78 is 0. The van der Waals surface area contributed by atoms with Crippen molar-refractivity contribution in [2.75, 3.05) is 11.5 Å². The molecule has 1 fully saturated rings. The zero-order valence-corrected chi connectivity index (χ0v) is 11.4. The molecular weight excluding hydrogens is 264 g/mol. The Morgan fingerprint density at radius 1 is 1.47 bits per heavy atom. The van der Waals surface area contributed by atoms with E-state index in [0.717, 1.165) is 4.90 Å². The summed E-state index contributed by atoms with van der Waals surface area (Å²) in [7, 11) is 0. The van der Waals surface area contributed by atoms with Gasteiger partial charge in [0, 0.05) is 16.8 Å². The van der Waals surface area contributed by atoms with Gasteiger partial charge in [-0.3, -0.25) is 4.79 Å². The molecule has 0 saturated heterocycles. The first-order valence-corrected chi connectivity index (χ1v) is 7.27. The van der Waals surface area contributed by atoms with Crippen molar-refractivity contribution in [3.05, 3.63) is 18.3 Å². The molecule has 4 N–H and O–H groups in total. The number of carboxylic acids is 1. The highest BCUT2D eigenvalue weighted by Crippen LogP contribution is 2.36. The number of thioether (sulfide) groups is 1. The number of nitrogens with two attached hydrogens (primary N) is 1. The van der Waals surface area contributed by atoms with Crippen molar-refractivity contribution in [1.29, 1.82) is 0 Å². The lowest BCUT2D eigenvalue weighted by Gasteiger charge is -2.34. The van der Waals surface area contributed by atoms with E-state index in [1.165, 1.54) is 11.8 Å².